The molecule has 1 unspecified atom stereocenters. The largest absolute Gasteiger partial charge is 0.454 e. The smallest absolute Gasteiger partial charge is 0.231 e. The number of rotatable bonds is 2. The molecule has 0 saturated heterocycles. The Kier molecular flexibility index (Phi) is 13.0. The standard InChI is InChI=1S/C96H80O2/c1-91(2,3)69-36-30-58(31-37-69)63-46-64-48-66(47-63)61-20-18-22-73(52-61)95(83-44-45-84-89(90(83)79-55-87-88(56-86(79)95)98-57-97-87)78-26-14-17-29-82(78)96(84)80-27-15-12-24-76(80)77-25-13-16-28-81(77)96)74-23-19-21-62(53-74)67-49-65(59-32-38-70(39-33-59)92(4,5)6)50-68(51-67)75-43-42-72(93(7,8)9)54-85(75)94(10,11)71-40-34-60(64)35-41-71/h12-56H,57H2,1-11H3. The molecule has 2 nitrogen and oxygen atoms in total. The first-order valence-electron chi connectivity index (χ1n) is 35.1. The second kappa shape index (κ2) is 21.2. The zero-order valence-corrected chi connectivity index (χ0v) is 58.0. The lowest BCUT2D eigenvalue weighted by atomic mass is 9.66. The van der Waals surface area contributed by atoms with E-state index in [1.54, 1.807) is 0 Å². The first-order valence-corrected chi connectivity index (χ1v) is 35.1. The van der Waals surface area contributed by atoms with Crippen molar-refractivity contribution in [3.8, 4) is 112 Å². The summed E-state index contributed by atoms with van der Waals surface area (Å²) in [6, 6.07) is 106. The molecule has 0 amide bonds. The Hall–Kier alpha value is -10.5. The van der Waals surface area contributed by atoms with Crippen molar-refractivity contribution in [3.05, 3.63) is 345 Å². The van der Waals surface area contributed by atoms with Crippen LogP contribution in [0.3, 0.4) is 0 Å². The van der Waals surface area contributed by atoms with E-state index in [9.17, 15) is 0 Å². The molecule has 0 radical (unpaired) electrons. The molecule has 0 fully saturated rings. The molecule has 1 aliphatic heterocycles. The van der Waals surface area contributed by atoms with Gasteiger partial charge in [-0.05, 0) is 249 Å². The summed E-state index contributed by atoms with van der Waals surface area (Å²) in [5.74, 6) is 1.52. The van der Waals surface area contributed by atoms with Crippen molar-refractivity contribution < 1.29 is 9.47 Å². The van der Waals surface area contributed by atoms with Crippen LogP contribution in [0.1, 0.15) is 148 Å². The molecule has 0 aromatic heterocycles. The van der Waals surface area contributed by atoms with Gasteiger partial charge in [-0.2, -0.15) is 0 Å². The van der Waals surface area contributed by atoms with Gasteiger partial charge in [0.2, 0.25) is 6.79 Å². The number of hydrogen-bond acceptors (Lipinski definition) is 2. The SMILES string of the molecule is CC(C)(C)c1ccc(-c2cc3cc(c2)-c2cccc(c2)C2(c4cccc(c4)-c4cc(-c5ccc(C(C)(C)C)cc5)cc(c4)-c4ccc(C(C)(C)C)cc4C(C)(C)c4ccc-3cc4)c3cc4c(cc3-c3c2ccc2c3-c3ccccc3C23c2ccccc2-c2ccccc23)OCO4)cc1. The van der Waals surface area contributed by atoms with E-state index in [4.69, 9.17) is 9.47 Å². The minimum Gasteiger partial charge on any atom is -0.454 e. The van der Waals surface area contributed by atoms with Gasteiger partial charge in [0.15, 0.2) is 11.5 Å². The predicted octanol–water partition coefficient (Wildman–Crippen LogP) is 24.7. The monoisotopic (exact) mass is 1260 g/mol. The number of fused-ring (bicyclic) bond motifs is 17. The minimum atomic E-state index is -0.897. The molecule has 2 heteroatoms. The van der Waals surface area contributed by atoms with Gasteiger partial charge in [0.1, 0.15) is 0 Å². The summed E-state index contributed by atoms with van der Waals surface area (Å²) in [5, 5.41) is 0. The highest BCUT2D eigenvalue weighted by molar-refractivity contribution is 6.05. The van der Waals surface area contributed by atoms with Crippen LogP contribution < -0.4 is 9.47 Å². The molecule has 0 saturated carbocycles. The molecular weight excluding hydrogens is 1190 g/mol. The molecule has 476 valence electrons. The molecule has 5 aliphatic carbocycles. The Morgan fingerprint density at radius 1 is 0.245 bits per heavy atom. The first kappa shape index (κ1) is 59.9. The Balaban J connectivity index is 0.963. The summed E-state index contributed by atoms with van der Waals surface area (Å²) in [5.41, 5.74) is 36.1. The zero-order valence-electron chi connectivity index (χ0n) is 58.0. The molecule has 1 heterocycles. The molecule has 13 aromatic carbocycles. The van der Waals surface area contributed by atoms with Crippen molar-refractivity contribution in [3.63, 3.8) is 0 Å². The second-order valence-electron chi connectivity index (χ2n) is 31.9. The molecule has 6 aliphatic rings. The van der Waals surface area contributed by atoms with Crippen LogP contribution in [0, 0.1) is 0 Å². The van der Waals surface area contributed by atoms with Gasteiger partial charge in [0.25, 0.3) is 0 Å². The topological polar surface area (TPSA) is 18.5 Å². The van der Waals surface area contributed by atoms with E-state index in [1.807, 2.05) is 0 Å². The summed E-state index contributed by atoms with van der Waals surface area (Å²) in [6.07, 6.45) is 0. The minimum absolute atomic E-state index is 0.00768. The molecule has 19 rings (SSSR count). The third-order valence-electron chi connectivity index (χ3n) is 22.9. The van der Waals surface area contributed by atoms with Crippen LogP contribution in [-0.2, 0) is 32.5 Å². The van der Waals surface area contributed by atoms with Crippen molar-refractivity contribution in [1.29, 1.82) is 0 Å². The van der Waals surface area contributed by atoms with Crippen LogP contribution in [0.5, 0.6) is 11.5 Å². The number of hydrogen-bond donors (Lipinski definition) is 0. The Morgan fingerprint density at radius 3 is 1.15 bits per heavy atom. The van der Waals surface area contributed by atoms with Crippen molar-refractivity contribution >= 4 is 0 Å². The third-order valence-corrected chi connectivity index (χ3v) is 22.9. The van der Waals surface area contributed by atoms with Crippen molar-refractivity contribution in [1.82, 2.24) is 0 Å². The zero-order chi connectivity index (χ0) is 67.0. The average molecular weight is 1270 g/mol. The lowest BCUT2D eigenvalue weighted by molar-refractivity contribution is 0.174. The first-order chi connectivity index (χ1) is 47.2. The summed E-state index contributed by atoms with van der Waals surface area (Å²) in [4.78, 5) is 0. The summed E-state index contributed by atoms with van der Waals surface area (Å²) >= 11 is 0. The van der Waals surface area contributed by atoms with E-state index in [-0.39, 0.29) is 23.0 Å². The van der Waals surface area contributed by atoms with E-state index in [1.165, 1.54) is 145 Å². The van der Waals surface area contributed by atoms with Crippen LogP contribution in [0.15, 0.2) is 273 Å². The van der Waals surface area contributed by atoms with Gasteiger partial charge >= 0.3 is 0 Å². The molecule has 10 bridgehead atoms. The van der Waals surface area contributed by atoms with Gasteiger partial charge in [-0.15, -0.1) is 0 Å². The summed E-state index contributed by atoms with van der Waals surface area (Å²) in [7, 11) is 0. The Labute approximate surface area is 578 Å². The average Bonchev–Trinajstić information content (AvgIpc) is 1.49. The van der Waals surface area contributed by atoms with Gasteiger partial charge in [0, 0.05) is 5.41 Å². The molecule has 1 atom stereocenters. The van der Waals surface area contributed by atoms with Gasteiger partial charge < -0.3 is 9.47 Å². The normalized spacial score (nSPS) is 16.0. The van der Waals surface area contributed by atoms with Crippen molar-refractivity contribution in [2.24, 2.45) is 0 Å². The van der Waals surface area contributed by atoms with Crippen LogP contribution in [0.4, 0.5) is 0 Å². The molecular formula is C96H80O2. The highest BCUT2D eigenvalue weighted by Gasteiger charge is 2.56. The van der Waals surface area contributed by atoms with Gasteiger partial charge in [0.05, 0.1) is 10.8 Å². The summed E-state index contributed by atoms with van der Waals surface area (Å²) < 4.78 is 13.1. The Bertz CT molecular complexity index is 5430. The van der Waals surface area contributed by atoms with E-state index < -0.39 is 16.2 Å². The van der Waals surface area contributed by atoms with Crippen LogP contribution >= 0.6 is 0 Å². The fourth-order valence-corrected chi connectivity index (χ4v) is 17.6. The van der Waals surface area contributed by atoms with E-state index in [2.05, 4.69) is 349 Å². The molecule has 98 heavy (non-hydrogen) atoms. The van der Waals surface area contributed by atoms with Gasteiger partial charge in [-0.1, -0.05) is 288 Å². The fourth-order valence-electron chi connectivity index (χ4n) is 17.6. The molecule has 0 N–H and O–H groups in total. The van der Waals surface area contributed by atoms with Gasteiger partial charge in [-0.3, -0.25) is 0 Å². The number of ether oxygens (including phenoxy) is 2. The maximum Gasteiger partial charge on any atom is 0.231 e. The molecule has 2 spiro atoms. The summed E-state index contributed by atoms with van der Waals surface area (Å²) in [6.45, 7) is 25.8. The van der Waals surface area contributed by atoms with E-state index >= 15 is 0 Å². The van der Waals surface area contributed by atoms with Gasteiger partial charge in [-0.25, -0.2) is 0 Å². The fraction of sp³-hybridized carbons (Fsp3) is 0.188. The predicted molar refractivity (Wildman–Crippen MR) is 407 cm³/mol. The van der Waals surface area contributed by atoms with E-state index in [0.717, 1.165) is 39.3 Å². The second-order valence-corrected chi connectivity index (χ2v) is 31.9. The third kappa shape index (κ3) is 8.85. The van der Waals surface area contributed by atoms with E-state index in [0.29, 0.717) is 0 Å². The lowest BCUT2D eigenvalue weighted by Crippen LogP contribution is -2.29. The molecule has 13 aromatic rings. The van der Waals surface area contributed by atoms with Crippen LogP contribution in [0.2, 0.25) is 0 Å². The Morgan fingerprint density at radius 2 is 0.653 bits per heavy atom. The lowest BCUT2D eigenvalue weighted by Gasteiger charge is -2.35. The maximum atomic E-state index is 6.58. The maximum absolute atomic E-state index is 6.58. The highest BCUT2D eigenvalue weighted by atomic mass is 16.7. The number of benzene rings is 13. The van der Waals surface area contributed by atoms with Crippen molar-refractivity contribution in [2.75, 3.05) is 6.79 Å². The quantitative estimate of drug-likeness (QED) is 0.172. The highest BCUT2D eigenvalue weighted by Crippen LogP contribution is 2.69. The van der Waals surface area contributed by atoms with Crippen molar-refractivity contribution in [2.45, 2.75) is 109 Å². The van der Waals surface area contributed by atoms with Crippen LogP contribution in [-0.4, -0.2) is 6.79 Å². The van der Waals surface area contributed by atoms with Crippen LogP contribution in [0.25, 0.3) is 100 Å².